The van der Waals surface area contributed by atoms with E-state index in [2.05, 4.69) is 31.1 Å². The maximum Gasteiger partial charge on any atom is 0.221 e. The van der Waals surface area contributed by atoms with Crippen LogP contribution in [0.25, 0.3) is 0 Å². The Bertz CT molecular complexity index is 281. The average molecular weight is 269 g/mol. The average Bonchev–Trinajstić information content (AvgIpc) is 2.35. The first-order valence-corrected chi connectivity index (χ1v) is 7.58. The number of amides is 1. The summed E-state index contributed by atoms with van der Waals surface area (Å²) in [6, 6.07) is 0.744. The predicted octanol–water partition coefficient (Wildman–Crippen LogP) is 1.74. The molecule has 0 aromatic rings. The smallest absolute Gasteiger partial charge is 0.221 e. The third-order valence-electron chi connectivity index (χ3n) is 4.53. The van der Waals surface area contributed by atoms with Crippen molar-refractivity contribution < 1.29 is 4.79 Å². The summed E-state index contributed by atoms with van der Waals surface area (Å²) in [5, 5.41) is 2.86. The Morgan fingerprint density at radius 1 is 1.42 bits per heavy atom. The van der Waals surface area contributed by atoms with Crippen LogP contribution in [0.1, 0.15) is 52.9 Å². The van der Waals surface area contributed by atoms with Gasteiger partial charge in [-0.15, -0.1) is 0 Å². The van der Waals surface area contributed by atoms with E-state index in [0.29, 0.717) is 31.0 Å². The first-order valence-electron chi connectivity index (χ1n) is 7.58. The van der Waals surface area contributed by atoms with E-state index in [0.717, 1.165) is 0 Å². The molecule has 0 aromatic heterocycles. The van der Waals surface area contributed by atoms with Crippen LogP contribution in [0.3, 0.4) is 0 Å². The van der Waals surface area contributed by atoms with E-state index in [1.807, 2.05) is 6.92 Å². The maximum atomic E-state index is 11.7. The van der Waals surface area contributed by atoms with Gasteiger partial charge in [-0.25, -0.2) is 0 Å². The van der Waals surface area contributed by atoms with Gasteiger partial charge in [-0.1, -0.05) is 13.8 Å². The minimum absolute atomic E-state index is 0.112. The summed E-state index contributed by atoms with van der Waals surface area (Å²) in [4.78, 5) is 14.0. The Morgan fingerprint density at radius 2 is 2.00 bits per heavy atom. The van der Waals surface area contributed by atoms with Gasteiger partial charge in [-0.2, -0.15) is 0 Å². The van der Waals surface area contributed by atoms with Crippen molar-refractivity contribution in [1.82, 2.24) is 10.2 Å². The molecule has 3 N–H and O–H groups in total. The van der Waals surface area contributed by atoms with Crippen molar-refractivity contribution in [2.45, 2.75) is 65.0 Å². The van der Waals surface area contributed by atoms with Gasteiger partial charge in [0, 0.05) is 31.6 Å². The van der Waals surface area contributed by atoms with Crippen molar-refractivity contribution >= 4 is 5.91 Å². The van der Waals surface area contributed by atoms with E-state index in [1.54, 1.807) is 0 Å². The first-order chi connectivity index (χ1) is 8.89. The molecule has 0 bridgehead atoms. The largest absolute Gasteiger partial charge is 0.356 e. The van der Waals surface area contributed by atoms with Crippen molar-refractivity contribution in [3.63, 3.8) is 0 Å². The normalized spacial score (nSPS) is 21.4. The Hall–Kier alpha value is -0.610. The fraction of sp³-hybridized carbons (Fsp3) is 0.933. The molecule has 0 heterocycles. The number of likely N-dealkylation sites (N-methyl/N-ethyl adjacent to an activating group) is 1. The topological polar surface area (TPSA) is 58.4 Å². The van der Waals surface area contributed by atoms with Crippen LogP contribution >= 0.6 is 0 Å². The highest BCUT2D eigenvalue weighted by Gasteiger charge is 2.31. The van der Waals surface area contributed by atoms with E-state index in [9.17, 15) is 4.79 Å². The van der Waals surface area contributed by atoms with E-state index in [-0.39, 0.29) is 11.9 Å². The zero-order chi connectivity index (χ0) is 14.5. The highest BCUT2D eigenvalue weighted by molar-refractivity contribution is 5.76. The zero-order valence-electron chi connectivity index (χ0n) is 13.0. The Labute approximate surface area is 118 Å². The van der Waals surface area contributed by atoms with Gasteiger partial charge in [0.05, 0.1) is 0 Å². The molecule has 0 spiro atoms. The van der Waals surface area contributed by atoms with Crippen LogP contribution in [0.4, 0.5) is 0 Å². The molecule has 0 saturated heterocycles. The lowest BCUT2D eigenvalue weighted by Gasteiger charge is -2.41. The lowest BCUT2D eigenvalue weighted by molar-refractivity contribution is -0.122. The zero-order valence-corrected chi connectivity index (χ0v) is 13.0. The van der Waals surface area contributed by atoms with E-state index in [4.69, 9.17) is 5.73 Å². The van der Waals surface area contributed by atoms with Crippen molar-refractivity contribution in [3.8, 4) is 0 Å². The van der Waals surface area contributed by atoms with E-state index < -0.39 is 0 Å². The molecule has 1 aliphatic rings. The molecular formula is C15H31N3O. The number of carbonyl (C=O) groups is 1. The van der Waals surface area contributed by atoms with E-state index in [1.165, 1.54) is 25.7 Å². The number of hydrogen-bond acceptors (Lipinski definition) is 3. The molecule has 1 atom stereocenters. The molecule has 1 amide bonds. The monoisotopic (exact) mass is 269 g/mol. The standard InChI is InChI=1S/C15H31N3O/c1-5-17-14(19)10-13(11-16)18(4)12-6-8-15(2,3)9-7-12/h12-13H,5-11,16H2,1-4H3,(H,17,19). The number of hydrogen-bond donors (Lipinski definition) is 2. The van der Waals surface area contributed by atoms with Crippen molar-refractivity contribution in [2.24, 2.45) is 11.1 Å². The van der Waals surface area contributed by atoms with Crippen LogP contribution in [-0.2, 0) is 4.79 Å². The Balaban J connectivity index is 2.49. The molecule has 0 aromatic carbocycles. The van der Waals surface area contributed by atoms with Crippen LogP contribution in [0.5, 0.6) is 0 Å². The minimum Gasteiger partial charge on any atom is -0.356 e. The fourth-order valence-electron chi connectivity index (χ4n) is 2.97. The van der Waals surface area contributed by atoms with Crippen molar-refractivity contribution in [2.75, 3.05) is 20.1 Å². The summed E-state index contributed by atoms with van der Waals surface area (Å²) in [7, 11) is 2.12. The molecule has 1 saturated carbocycles. The van der Waals surface area contributed by atoms with Crippen LogP contribution in [-0.4, -0.2) is 43.0 Å². The maximum absolute atomic E-state index is 11.7. The van der Waals surface area contributed by atoms with Gasteiger partial charge in [0.25, 0.3) is 0 Å². The van der Waals surface area contributed by atoms with Crippen molar-refractivity contribution in [1.29, 1.82) is 0 Å². The van der Waals surface area contributed by atoms with Gasteiger partial charge in [-0.05, 0) is 45.1 Å². The van der Waals surface area contributed by atoms with Crippen LogP contribution < -0.4 is 11.1 Å². The van der Waals surface area contributed by atoms with Gasteiger partial charge in [0.1, 0.15) is 0 Å². The molecule has 0 radical (unpaired) electrons. The van der Waals surface area contributed by atoms with Gasteiger partial charge in [0.15, 0.2) is 0 Å². The van der Waals surface area contributed by atoms with Gasteiger partial charge in [0.2, 0.25) is 5.91 Å². The van der Waals surface area contributed by atoms with Crippen LogP contribution in [0.2, 0.25) is 0 Å². The second-order valence-electron chi connectivity index (χ2n) is 6.61. The second kappa shape index (κ2) is 7.25. The summed E-state index contributed by atoms with van der Waals surface area (Å²) in [6.07, 6.45) is 5.48. The third-order valence-corrected chi connectivity index (χ3v) is 4.53. The Kier molecular flexibility index (Phi) is 6.27. The molecule has 112 valence electrons. The number of nitrogens with two attached hydrogens (primary N) is 1. The molecule has 1 fully saturated rings. The molecule has 1 aliphatic carbocycles. The van der Waals surface area contributed by atoms with Gasteiger partial charge in [-0.3, -0.25) is 9.69 Å². The highest BCUT2D eigenvalue weighted by atomic mass is 16.1. The summed E-state index contributed by atoms with van der Waals surface area (Å²) in [5.41, 5.74) is 6.34. The van der Waals surface area contributed by atoms with Gasteiger partial charge >= 0.3 is 0 Å². The molecule has 4 heteroatoms. The molecule has 1 rings (SSSR count). The minimum atomic E-state index is 0.112. The van der Waals surface area contributed by atoms with Crippen LogP contribution in [0.15, 0.2) is 0 Å². The molecular weight excluding hydrogens is 238 g/mol. The van der Waals surface area contributed by atoms with Gasteiger partial charge < -0.3 is 11.1 Å². The summed E-state index contributed by atoms with van der Waals surface area (Å²) < 4.78 is 0. The Morgan fingerprint density at radius 3 is 2.47 bits per heavy atom. The van der Waals surface area contributed by atoms with Crippen molar-refractivity contribution in [3.05, 3.63) is 0 Å². The second-order valence-corrected chi connectivity index (χ2v) is 6.61. The fourth-order valence-corrected chi connectivity index (χ4v) is 2.97. The third kappa shape index (κ3) is 5.11. The first kappa shape index (κ1) is 16.4. The highest BCUT2D eigenvalue weighted by Crippen LogP contribution is 2.37. The van der Waals surface area contributed by atoms with Crippen LogP contribution in [0, 0.1) is 5.41 Å². The lowest BCUT2D eigenvalue weighted by atomic mass is 9.75. The summed E-state index contributed by atoms with van der Waals surface area (Å²) in [6.45, 7) is 7.88. The molecule has 1 unspecified atom stereocenters. The SMILES string of the molecule is CCNC(=O)CC(CN)N(C)C1CCC(C)(C)CC1. The number of rotatable bonds is 6. The number of nitrogens with one attached hydrogen (secondary N) is 1. The summed E-state index contributed by atoms with van der Waals surface area (Å²) in [5.74, 6) is 0.112. The predicted molar refractivity (Wildman–Crippen MR) is 79.9 cm³/mol. The number of nitrogens with zero attached hydrogens (tertiary/aromatic N) is 1. The molecule has 0 aliphatic heterocycles. The molecule has 4 nitrogen and oxygen atoms in total. The molecule has 19 heavy (non-hydrogen) atoms. The number of carbonyl (C=O) groups excluding carboxylic acids is 1. The van der Waals surface area contributed by atoms with E-state index >= 15 is 0 Å². The summed E-state index contributed by atoms with van der Waals surface area (Å²) >= 11 is 0. The quantitative estimate of drug-likeness (QED) is 0.772. The lowest BCUT2D eigenvalue weighted by Crippen LogP contribution is -2.48.